The third-order valence-electron chi connectivity index (χ3n) is 5.08. The van der Waals surface area contributed by atoms with Crippen molar-refractivity contribution < 1.29 is 14.3 Å². The van der Waals surface area contributed by atoms with Crippen LogP contribution in [0.15, 0.2) is 48.5 Å². The number of ether oxygens (including phenoxy) is 1. The fourth-order valence-electron chi connectivity index (χ4n) is 3.26. The highest BCUT2D eigenvalue weighted by Crippen LogP contribution is 2.40. The summed E-state index contributed by atoms with van der Waals surface area (Å²) in [7, 11) is 1.60. The van der Waals surface area contributed by atoms with E-state index >= 15 is 0 Å². The lowest BCUT2D eigenvalue weighted by molar-refractivity contribution is -0.122. The summed E-state index contributed by atoms with van der Waals surface area (Å²) in [5.74, 6) is -0.0564. The summed E-state index contributed by atoms with van der Waals surface area (Å²) in [6.45, 7) is 6.11. The van der Waals surface area contributed by atoms with Crippen molar-refractivity contribution in [3.05, 3.63) is 48.5 Å². The van der Waals surface area contributed by atoms with E-state index in [9.17, 15) is 9.59 Å². The van der Waals surface area contributed by atoms with Crippen molar-refractivity contribution >= 4 is 28.9 Å². The molecule has 2 atom stereocenters. The van der Waals surface area contributed by atoms with E-state index in [4.69, 9.17) is 4.74 Å². The second kappa shape index (κ2) is 8.78. The van der Waals surface area contributed by atoms with Crippen LogP contribution in [0.4, 0.5) is 17.1 Å². The van der Waals surface area contributed by atoms with Crippen molar-refractivity contribution in [3.8, 4) is 5.75 Å². The molecule has 28 heavy (non-hydrogen) atoms. The van der Waals surface area contributed by atoms with Crippen molar-refractivity contribution in [1.29, 1.82) is 0 Å². The zero-order chi connectivity index (χ0) is 20.1. The number of methoxy groups -OCH3 is 1. The van der Waals surface area contributed by atoms with Crippen LogP contribution in [0.5, 0.6) is 5.75 Å². The van der Waals surface area contributed by atoms with Crippen LogP contribution in [0.3, 0.4) is 0 Å². The number of nitrogens with zero attached hydrogens (tertiary/aromatic N) is 1. The molecule has 0 heterocycles. The predicted molar refractivity (Wildman–Crippen MR) is 112 cm³/mol. The lowest BCUT2D eigenvalue weighted by Crippen LogP contribution is -2.22. The molecule has 2 amide bonds. The van der Waals surface area contributed by atoms with E-state index in [2.05, 4.69) is 29.4 Å². The molecule has 148 valence electrons. The van der Waals surface area contributed by atoms with Gasteiger partial charge in [0.25, 0.3) is 0 Å². The van der Waals surface area contributed by atoms with E-state index in [1.54, 1.807) is 31.4 Å². The molecule has 0 bridgehead atoms. The van der Waals surface area contributed by atoms with Gasteiger partial charge in [0.1, 0.15) is 5.75 Å². The molecule has 2 aromatic rings. The molecule has 1 aliphatic carbocycles. The minimum absolute atomic E-state index is 0.106. The van der Waals surface area contributed by atoms with Crippen LogP contribution in [-0.2, 0) is 9.59 Å². The highest BCUT2D eigenvalue weighted by Gasteiger charge is 2.48. The summed E-state index contributed by atoms with van der Waals surface area (Å²) in [4.78, 5) is 27.0. The molecule has 2 N–H and O–H groups in total. The Morgan fingerprint density at radius 1 is 0.893 bits per heavy atom. The number of benzene rings is 2. The molecular weight excluding hydrogens is 354 g/mol. The van der Waals surface area contributed by atoms with Gasteiger partial charge in [-0.2, -0.15) is 0 Å². The number of hydrogen-bond donors (Lipinski definition) is 2. The van der Waals surface area contributed by atoms with Crippen LogP contribution >= 0.6 is 0 Å². The summed E-state index contributed by atoms with van der Waals surface area (Å²) in [5.41, 5.74) is 2.58. The van der Waals surface area contributed by atoms with Gasteiger partial charge in [0, 0.05) is 30.2 Å². The Bertz CT molecular complexity index is 814. The Kier molecular flexibility index (Phi) is 6.19. The average molecular weight is 381 g/mol. The molecule has 3 rings (SSSR count). The van der Waals surface area contributed by atoms with Crippen LogP contribution in [0.25, 0.3) is 0 Å². The third-order valence-corrected chi connectivity index (χ3v) is 5.08. The van der Waals surface area contributed by atoms with Crippen LogP contribution in [0, 0.1) is 11.8 Å². The van der Waals surface area contributed by atoms with Gasteiger partial charge in [0.15, 0.2) is 0 Å². The van der Waals surface area contributed by atoms with Gasteiger partial charge in [-0.15, -0.1) is 0 Å². The Morgan fingerprint density at radius 3 is 1.79 bits per heavy atom. The third kappa shape index (κ3) is 4.63. The number of hydrogen-bond acceptors (Lipinski definition) is 4. The number of anilines is 3. The highest BCUT2D eigenvalue weighted by atomic mass is 16.5. The quantitative estimate of drug-likeness (QED) is 0.730. The van der Waals surface area contributed by atoms with Gasteiger partial charge in [-0.05, 0) is 68.8 Å². The van der Waals surface area contributed by atoms with Crippen molar-refractivity contribution in [2.75, 3.05) is 35.7 Å². The molecule has 0 aliphatic heterocycles. The van der Waals surface area contributed by atoms with E-state index in [0.29, 0.717) is 12.1 Å². The topological polar surface area (TPSA) is 70.7 Å². The zero-order valence-corrected chi connectivity index (χ0v) is 16.6. The van der Waals surface area contributed by atoms with Crippen LogP contribution in [0.1, 0.15) is 20.3 Å². The first-order chi connectivity index (χ1) is 13.5. The van der Waals surface area contributed by atoms with E-state index in [0.717, 1.165) is 30.2 Å². The Balaban J connectivity index is 1.51. The van der Waals surface area contributed by atoms with Crippen LogP contribution in [0.2, 0.25) is 0 Å². The monoisotopic (exact) mass is 381 g/mol. The van der Waals surface area contributed by atoms with Crippen molar-refractivity contribution in [1.82, 2.24) is 0 Å². The lowest BCUT2D eigenvalue weighted by atomic mass is 10.2. The molecule has 6 nitrogen and oxygen atoms in total. The fraction of sp³-hybridized carbons (Fsp3) is 0.364. The summed E-state index contributed by atoms with van der Waals surface area (Å²) in [6.07, 6.45) is 0.575. The second-order valence-corrected chi connectivity index (χ2v) is 6.87. The smallest absolute Gasteiger partial charge is 0.228 e. The molecule has 1 fully saturated rings. The maximum absolute atomic E-state index is 12.4. The van der Waals surface area contributed by atoms with E-state index in [-0.39, 0.29) is 23.7 Å². The van der Waals surface area contributed by atoms with Gasteiger partial charge in [-0.1, -0.05) is 0 Å². The van der Waals surface area contributed by atoms with Crippen molar-refractivity contribution in [2.45, 2.75) is 20.3 Å². The molecule has 1 saturated carbocycles. The first kappa shape index (κ1) is 19.7. The summed E-state index contributed by atoms with van der Waals surface area (Å²) in [6, 6.07) is 15.0. The molecule has 6 heteroatoms. The number of carbonyl (C=O) groups is 2. The minimum Gasteiger partial charge on any atom is -0.497 e. The zero-order valence-electron chi connectivity index (χ0n) is 16.6. The van der Waals surface area contributed by atoms with Gasteiger partial charge in [0.2, 0.25) is 11.8 Å². The maximum Gasteiger partial charge on any atom is 0.228 e. The van der Waals surface area contributed by atoms with E-state index in [1.807, 2.05) is 24.3 Å². The molecule has 1 aliphatic rings. The average Bonchev–Trinajstić information content (AvgIpc) is 3.52. The molecule has 2 unspecified atom stereocenters. The molecule has 0 spiro atoms. The SMILES string of the molecule is CCN(CC)c1ccc(NC(=O)C2CC2C(=O)Nc2ccc(OC)cc2)cc1. The largest absolute Gasteiger partial charge is 0.497 e. The van der Waals surface area contributed by atoms with E-state index < -0.39 is 0 Å². The summed E-state index contributed by atoms with van der Waals surface area (Å²) < 4.78 is 5.10. The lowest BCUT2D eigenvalue weighted by Gasteiger charge is -2.21. The van der Waals surface area contributed by atoms with E-state index in [1.165, 1.54) is 0 Å². The van der Waals surface area contributed by atoms with Gasteiger partial charge in [0.05, 0.1) is 18.9 Å². The van der Waals surface area contributed by atoms with Gasteiger partial charge in [-0.25, -0.2) is 0 Å². The predicted octanol–water partition coefficient (Wildman–Crippen LogP) is 3.75. The molecule has 0 saturated heterocycles. The Morgan fingerprint density at radius 2 is 1.36 bits per heavy atom. The van der Waals surface area contributed by atoms with Gasteiger partial charge < -0.3 is 20.3 Å². The fourth-order valence-corrected chi connectivity index (χ4v) is 3.26. The number of nitrogens with one attached hydrogen (secondary N) is 2. The summed E-state index contributed by atoms with van der Waals surface area (Å²) in [5, 5.41) is 5.77. The normalized spacial score (nSPS) is 17.5. The number of carbonyl (C=O) groups excluding carboxylic acids is 2. The molecule has 2 aromatic carbocycles. The highest BCUT2D eigenvalue weighted by molar-refractivity contribution is 6.03. The van der Waals surface area contributed by atoms with Crippen LogP contribution < -0.4 is 20.3 Å². The first-order valence-corrected chi connectivity index (χ1v) is 9.66. The Labute approximate surface area is 165 Å². The van der Waals surface area contributed by atoms with Crippen molar-refractivity contribution in [2.24, 2.45) is 11.8 Å². The minimum atomic E-state index is -0.281. The second-order valence-electron chi connectivity index (χ2n) is 6.87. The molecule has 0 radical (unpaired) electrons. The molecular formula is C22H27N3O3. The Hall–Kier alpha value is -3.02. The molecule has 0 aromatic heterocycles. The standard InChI is InChI=1S/C22H27N3O3/c1-4-25(5-2)17-10-6-15(7-11-17)23-21(26)19-14-20(19)22(27)24-16-8-12-18(28-3)13-9-16/h6-13,19-20H,4-5,14H2,1-3H3,(H,23,26)(H,24,27). The number of amides is 2. The van der Waals surface area contributed by atoms with Gasteiger partial charge in [-0.3, -0.25) is 9.59 Å². The first-order valence-electron chi connectivity index (χ1n) is 9.66. The van der Waals surface area contributed by atoms with Gasteiger partial charge >= 0.3 is 0 Å². The summed E-state index contributed by atoms with van der Waals surface area (Å²) >= 11 is 0. The van der Waals surface area contributed by atoms with Crippen molar-refractivity contribution in [3.63, 3.8) is 0 Å². The van der Waals surface area contributed by atoms with Crippen LogP contribution in [-0.4, -0.2) is 32.0 Å². The number of rotatable bonds is 8. The maximum atomic E-state index is 12.4.